The molecule has 4 heteroatoms. The number of halogens is 2. The topological polar surface area (TPSA) is 35.2 Å². The van der Waals surface area contributed by atoms with Crippen molar-refractivity contribution in [3.05, 3.63) is 27.7 Å². The summed E-state index contributed by atoms with van der Waals surface area (Å²) < 4.78 is 5.45. The van der Waals surface area contributed by atoms with E-state index in [0.717, 1.165) is 31.2 Å². The monoisotopic (exact) mass is 317 g/mol. The van der Waals surface area contributed by atoms with Gasteiger partial charge >= 0.3 is 0 Å². The van der Waals surface area contributed by atoms with Crippen LogP contribution in [0, 0.1) is 5.92 Å². The molecule has 114 valence electrons. The number of ether oxygens (including phenoxy) is 1. The van der Waals surface area contributed by atoms with E-state index in [0.29, 0.717) is 28.3 Å². The summed E-state index contributed by atoms with van der Waals surface area (Å²) in [5, 5.41) is 1.22. The predicted octanol–water partition coefficient (Wildman–Crippen LogP) is 5.61. The van der Waals surface area contributed by atoms with Crippen molar-refractivity contribution < 1.29 is 4.74 Å². The summed E-state index contributed by atoms with van der Waals surface area (Å²) in [4.78, 5) is 0. The summed E-state index contributed by atoms with van der Waals surface area (Å²) >= 11 is 12.6. The lowest BCUT2D eigenvalue weighted by Gasteiger charge is -2.25. The zero-order valence-electron chi connectivity index (χ0n) is 12.6. The molecule has 0 fully saturated rings. The summed E-state index contributed by atoms with van der Waals surface area (Å²) in [7, 11) is 0. The van der Waals surface area contributed by atoms with Crippen LogP contribution in [0.15, 0.2) is 12.1 Å². The zero-order valence-corrected chi connectivity index (χ0v) is 14.1. The van der Waals surface area contributed by atoms with Gasteiger partial charge in [-0.1, -0.05) is 49.9 Å². The van der Waals surface area contributed by atoms with Crippen molar-refractivity contribution in [1.29, 1.82) is 0 Å². The van der Waals surface area contributed by atoms with Gasteiger partial charge in [0, 0.05) is 17.1 Å². The fraction of sp³-hybridized carbons (Fsp3) is 0.625. The molecular formula is C16H25Cl2NO. The van der Waals surface area contributed by atoms with Crippen LogP contribution in [0.5, 0.6) is 5.75 Å². The molecule has 0 radical (unpaired) electrons. The summed E-state index contributed by atoms with van der Waals surface area (Å²) in [5.74, 6) is 1.06. The first-order valence-corrected chi connectivity index (χ1v) is 8.17. The van der Waals surface area contributed by atoms with Gasteiger partial charge in [0.25, 0.3) is 0 Å². The highest BCUT2D eigenvalue weighted by atomic mass is 35.5. The Kier molecular flexibility index (Phi) is 7.71. The molecular weight excluding hydrogens is 293 g/mol. The normalized spacial score (nSPS) is 12.8. The molecule has 1 aromatic carbocycles. The Balaban J connectivity index is 3.02. The minimum absolute atomic E-state index is 0.0735. The minimum atomic E-state index is -0.0735. The van der Waals surface area contributed by atoms with E-state index in [1.54, 1.807) is 6.07 Å². The highest BCUT2D eigenvalue weighted by molar-refractivity contribution is 6.34. The van der Waals surface area contributed by atoms with Gasteiger partial charge in [-0.25, -0.2) is 0 Å². The number of hydrogen-bond donors (Lipinski definition) is 1. The molecule has 0 aliphatic heterocycles. The Labute approximate surface area is 132 Å². The molecule has 0 aromatic heterocycles. The molecule has 0 amide bonds. The summed E-state index contributed by atoms with van der Waals surface area (Å²) in [5.41, 5.74) is 7.34. The van der Waals surface area contributed by atoms with Crippen LogP contribution in [-0.2, 0) is 0 Å². The van der Waals surface area contributed by atoms with Crippen molar-refractivity contribution in [3.63, 3.8) is 0 Å². The summed E-state index contributed by atoms with van der Waals surface area (Å²) in [6.45, 7) is 6.85. The number of nitrogens with two attached hydrogens (primary N) is 1. The lowest BCUT2D eigenvalue weighted by molar-refractivity contribution is 0.339. The van der Waals surface area contributed by atoms with Gasteiger partial charge in [0.2, 0.25) is 0 Å². The lowest BCUT2D eigenvalue weighted by atomic mass is 9.86. The summed E-state index contributed by atoms with van der Waals surface area (Å²) in [6, 6.07) is 3.56. The highest BCUT2D eigenvalue weighted by Gasteiger charge is 2.21. The van der Waals surface area contributed by atoms with Crippen LogP contribution in [-0.4, -0.2) is 6.61 Å². The van der Waals surface area contributed by atoms with Crippen molar-refractivity contribution in [2.45, 2.75) is 52.5 Å². The van der Waals surface area contributed by atoms with Gasteiger partial charge in [-0.2, -0.15) is 0 Å². The zero-order chi connectivity index (χ0) is 15.1. The largest absolute Gasteiger partial charge is 0.492 e. The molecule has 1 rings (SSSR count). The van der Waals surface area contributed by atoms with Crippen LogP contribution in [0.3, 0.4) is 0 Å². The number of benzene rings is 1. The molecule has 0 aliphatic carbocycles. The predicted molar refractivity (Wildman–Crippen MR) is 87.9 cm³/mol. The van der Waals surface area contributed by atoms with E-state index in [4.69, 9.17) is 33.7 Å². The first kappa shape index (κ1) is 17.6. The first-order valence-electron chi connectivity index (χ1n) is 7.42. The van der Waals surface area contributed by atoms with E-state index in [1.807, 2.05) is 13.0 Å². The van der Waals surface area contributed by atoms with Crippen LogP contribution < -0.4 is 10.5 Å². The van der Waals surface area contributed by atoms with Crippen molar-refractivity contribution >= 4 is 23.2 Å². The first-order chi connectivity index (χ1) is 9.54. The van der Waals surface area contributed by atoms with E-state index < -0.39 is 0 Å². The molecule has 2 N–H and O–H groups in total. The third-order valence-corrected chi connectivity index (χ3v) is 4.16. The molecule has 0 saturated heterocycles. The summed E-state index contributed by atoms with van der Waals surface area (Å²) in [6.07, 6.45) is 4.47. The van der Waals surface area contributed by atoms with Crippen molar-refractivity contribution in [2.24, 2.45) is 11.7 Å². The van der Waals surface area contributed by atoms with Crippen molar-refractivity contribution in [3.8, 4) is 5.75 Å². The highest BCUT2D eigenvalue weighted by Crippen LogP contribution is 2.37. The van der Waals surface area contributed by atoms with E-state index in [9.17, 15) is 0 Å². The van der Waals surface area contributed by atoms with Gasteiger partial charge < -0.3 is 10.5 Å². The molecule has 1 atom stereocenters. The Morgan fingerprint density at radius 3 is 2.15 bits per heavy atom. The molecule has 0 saturated carbocycles. The Hall–Kier alpha value is -0.440. The molecule has 0 heterocycles. The van der Waals surface area contributed by atoms with Crippen LogP contribution in [0.25, 0.3) is 0 Å². The number of rotatable bonds is 8. The van der Waals surface area contributed by atoms with Crippen LogP contribution in [0.1, 0.15) is 58.1 Å². The van der Waals surface area contributed by atoms with Crippen LogP contribution in [0.4, 0.5) is 0 Å². The van der Waals surface area contributed by atoms with E-state index in [2.05, 4.69) is 13.8 Å². The minimum Gasteiger partial charge on any atom is -0.492 e. The van der Waals surface area contributed by atoms with Gasteiger partial charge in [0.05, 0.1) is 11.6 Å². The third kappa shape index (κ3) is 4.54. The lowest BCUT2D eigenvalue weighted by Crippen LogP contribution is -2.22. The molecule has 2 nitrogen and oxygen atoms in total. The third-order valence-electron chi connectivity index (χ3n) is 3.54. The Bertz CT molecular complexity index is 417. The Morgan fingerprint density at radius 2 is 1.65 bits per heavy atom. The van der Waals surface area contributed by atoms with Gasteiger partial charge in [0.1, 0.15) is 5.75 Å². The molecule has 1 unspecified atom stereocenters. The van der Waals surface area contributed by atoms with Gasteiger partial charge in [-0.3, -0.25) is 0 Å². The maximum atomic E-state index is 6.42. The molecule has 0 bridgehead atoms. The maximum Gasteiger partial charge on any atom is 0.139 e. The van der Waals surface area contributed by atoms with Gasteiger partial charge in [-0.15, -0.1) is 0 Å². The standard InChI is InChI=1S/C16H25Cl2NO/c1-4-7-11(8-5-2)16(19)12-9-14(18)15(20-6-3)10-13(12)17/h9-11,16H,4-8,19H2,1-3H3. The molecule has 0 aliphatic rings. The fourth-order valence-corrected chi connectivity index (χ4v) is 3.07. The SMILES string of the molecule is CCCC(CCC)C(N)c1cc(Cl)c(OCC)cc1Cl. The fourth-order valence-electron chi connectivity index (χ4n) is 2.56. The quantitative estimate of drug-likeness (QED) is 0.676. The average molecular weight is 318 g/mol. The second kappa shape index (κ2) is 8.76. The second-order valence-corrected chi connectivity index (χ2v) is 5.91. The maximum absolute atomic E-state index is 6.42. The van der Waals surface area contributed by atoms with Gasteiger partial charge in [0.15, 0.2) is 0 Å². The van der Waals surface area contributed by atoms with E-state index in [1.165, 1.54) is 0 Å². The van der Waals surface area contributed by atoms with E-state index >= 15 is 0 Å². The smallest absolute Gasteiger partial charge is 0.139 e. The van der Waals surface area contributed by atoms with Crippen LogP contribution >= 0.6 is 23.2 Å². The van der Waals surface area contributed by atoms with Crippen molar-refractivity contribution in [1.82, 2.24) is 0 Å². The van der Waals surface area contributed by atoms with Gasteiger partial charge in [-0.05, 0) is 37.3 Å². The molecule has 1 aromatic rings. The van der Waals surface area contributed by atoms with Crippen LogP contribution in [0.2, 0.25) is 10.0 Å². The Morgan fingerprint density at radius 1 is 1.05 bits per heavy atom. The second-order valence-electron chi connectivity index (χ2n) is 5.10. The molecule has 0 spiro atoms. The van der Waals surface area contributed by atoms with Crippen molar-refractivity contribution in [2.75, 3.05) is 6.61 Å². The van der Waals surface area contributed by atoms with E-state index in [-0.39, 0.29) is 6.04 Å². The number of hydrogen-bond acceptors (Lipinski definition) is 2. The average Bonchev–Trinajstić information content (AvgIpc) is 2.42. The molecule has 20 heavy (non-hydrogen) atoms.